The lowest BCUT2D eigenvalue weighted by Gasteiger charge is -1.90. The average molecular weight is 262 g/mol. The molecule has 0 aliphatic heterocycles. The molecule has 0 amide bonds. The monoisotopic (exact) mass is 262 g/mol. The average Bonchev–Trinajstić information content (AvgIpc) is 2.31. The van der Waals surface area contributed by atoms with Crippen LogP contribution >= 0.6 is 22.6 Å². The molecule has 0 saturated carbocycles. The van der Waals surface area contributed by atoms with Gasteiger partial charge in [-0.1, -0.05) is 0 Å². The molecule has 0 aliphatic rings. The van der Waals surface area contributed by atoms with Gasteiger partial charge in [0, 0.05) is 12.4 Å². The molecule has 0 aliphatic carbocycles. The van der Waals surface area contributed by atoms with Crippen LogP contribution in [-0.4, -0.2) is 9.38 Å². The van der Waals surface area contributed by atoms with Gasteiger partial charge in [-0.2, -0.15) is 0 Å². The first kappa shape index (κ1) is 7.02. The molecule has 0 unspecified atom stereocenters. The van der Waals surface area contributed by atoms with E-state index >= 15 is 0 Å². The minimum absolute atomic E-state index is 0.282. The second-order valence-electron chi connectivity index (χ2n) is 2.15. The Morgan fingerprint density at radius 2 is 2.36 bits per heavy atom. The van der Waals surface area contributed by atoms with Crippen molar-refractivity contribution >= 4 is 28.2 Å². The molecule has 0 spiro atoms. The highest BCUT2D eigenvalue weighted by Crippen LogP contribution is 2.10. The molecule has 0 saturated heterocycles. The zero-order valence-corrected chi connectivity index (χ0v) is 7.62. The maximum atomic E-state index is 12.9. The number of halogens is 2. The fourth-order valence-electron chi connectivity index (χ4n) is 0.949. The Labute approximate surface area is 76.2 Å². The van der Waals surface area contributed by atoms with Gasteiger partial charge in [-0.25, -0.2) is 9.37 Å². The quantitative estimate of drug-likeness (QED) is 0.664. The first-order valence-corrected chi connectivity index (χ1v) is 4.14. The number of pyridine rings is 1. The highest BCUT2D eigenvalue weighted by molar-refractivity contribution is 14.1. The first-order valence-electron chi connectivity index (χ1n) is 3.06. The molecule has 0 radical (unpaired) electrons. The van der Waals surface area contributed by atoms with Gasteiger partial charge >= 0.3 is 0 Å². The molecule has 0 N–H and O–H groups in total. The van der Waals surface area contributed by atoms with Gasteiger partial charge in [0.05, 0.1) is 0 Å². The number of nitrogens with zero attached hydrogens (tertiary/aromatic N) is 2. The summed E-state index contributed by atoms with van der Waals surface area (Å²) in [6.07, 6.45) is 3.55. The lowest BCUT2D eigenvalue weighted by Crippen LogP contribution is -1.84. The fourth-order valence-corrected chi connectivity index (χ4v) is 1.48. The normalized spacial score (nSPS) is 10.7. The van der Waals surface area contributed by atoms with E-state index in [1.807, 2.05) is 0 Å². The number of fused-ring (bicyclic) bond motifs is 1. The highest BCUT2D eigenvalue weighted by atomic mass is 127. The van der Waals surface area contributed by atoms with Gasteiger partial charge in [0.2, 0.25) is 0 Å². The topological polar surface area (TPSA) is 17.3 Å². The Kier molecular flexibility index (Phi) is 1.56. The van der Waals surface area contributed by atoms with Crippen LogP contribution in [-0.2, 0) is 0 Å². The minimum atomic E-state index is -0.282. The number of rotatable bonds is 0. The van der Waals surface area contributed by atoms with E-state index in [1.165, 1.54) is 6.07 Å². The molecule has 2 heterocycles. The maximum absolute atomic E-state index is 12.9. The highest BCUT2D eigenvalue weighted by Gasteiger charge is 2.01. The van der Waals surface area contributed by atoms with Gasteiger partial charge in [-0.15, -0.1) is 0 Å². The SMILES string of the molecule is Fc1cccn2cc(I)nc12. The van der Waals surface area contributed by atoms with Crippen LogP contribution in [0, 0.1) is 9.52 Å². The second-order valence-corrected chi connectivity index (χ2v) is 3.26. The first-order chi connectivity index (χ1) is 5.27. The largest absolute Gasteiger partial charge is 0.304 e. The summed E-state index contributed by atoms with van der Waals surface area (Å²) in [6.45, 7) is 0. The van der Waals surface area contributed by atoms with Crippen LogP contribution in [0.2, 0.25) is 0 Å². The van der Waals surface area contributed by atoms with Crippen LogP contribution in [0.3, 0.4) is 0 Å². The van der Waals surface area contributed by atoms with Crippen molar-refractivity contribution in [1.29, 1.82) is 0 Å². The summed E-state index contributed by atoms with van der Waals surface area (Å²) in [4.78, 5) is 3.99. The van der Waals surface area contributed by atoms with E-state index in [4.69, 9.17) is 0 Å². The number of hydrogen-bond acceptors (Lipinski definition) is 1. The van der Waals surface area contributed by atoms with Crippen LogP contribution in [0.25, 0.3) is 5.65 Å². The molecule has 0 fully saturated rings. The van der Waals surface area contributed by atoms with Crippen LogP contribution in [0.15, 0.2) is 24.5 Å². The van der Waals surface area contributed by atoms with Crippen molar-refractivity contribution in [3.63, 3.8) is 0 Å². The van der Waals surface area contributed by atoms with Crippen LogP contribution in [0.1, 0.15) is 0 Å². The second kappa shape index (κ2) is 2.44. The predicted molar refractivity (Wildman–Crippen MR) is 47.9 cm³/mol. The summed E-state index contributed by atoms with van der Waals surface area (Å²) >= 11 is 2.05. The van der Waals surface area contributed by atoms with Crippen molar-refractivity contribution in [2.75, 3.05) is 0 Å². The molecular formula is C7H4FIN2. The zero-order valence-electron chi connectivity index (χ0n) is 5.46. The van der Waals surface area contributed by atoms with Crippen molar-refractivity contribution < 1.29 is 4.39 Å². The Morgan fingerprint density at radius 3 is 3.09 bits per heavy atom. The van der Waals surface area contributed by atoms with Crippen molar-refractivity contribution in [3.8, 4) is 0 Å². The summed E-state index contributed by atoms with van der Waals surface area (Å²) in [5, 5.41) is 0. The fraction of sp³-hybridized carbons (Fsp3) is 0. The summed E-state index contributed by atoms with van der Waals surface area (Å²) in [6, 6.07) is 3.05. The number of hydrogen-bond donors (Lipinski definition) is 0. The molecule has 2 aromatic rings. The number of aromatic nitrogens is 2. The smallest absolute Gasteiger partial charge is 0.174 e. The van der Waals surface area contributed by atoms with Crippen molar-refractivity contribution in [2.45, 2.75) is 0 Å². The van der Waals surface area contributed by atoms with Gasteiger partial charge < -0.3 is 4.40 Å². The van der Waals surface area contributed by atoms with E-state index in [1.54, 1.807) is 22.9 Å². The van der Waals surface area contributed by atoms with Gasteiger partial charge in [0.15, 0.2) is 11.5 Å². The molecule has 11 heavy (non-hydrogen) atoms. The van der Waals surface area contributed by atoms with Crippen LogP contribution < -0.4 is 0 Å². The molecule has 4 heteroatoms. The maximum Gasteiger partial charge on any atom is 0.174 e. The Morgan fingerprint density at radius 1 is 1.55 bits per heavy atom. The lowest BCUT2D eigenvalue weighted by molar-refractivity contribution is 0.630. The van der Waals surface area contributed by atoms with Crippen LogP contribution in [0.4, 0.5) is 4.39 Å². The predicted octanol–water partition coefficient (Wildman–Crippen LogP) is 2.08. The molecular weight excluding hydrogens is 258 g/mol. The standard InChI is InChI=1S/C7H4FIN2/c8-5-2-1-3-11-4-6(9)10-7(5)11/h1-4H. The van der Waals surface area contributed by atoms with Crippen LogP contribution in [0.5, 0.6) is 0 Å². The summed E-state index contributed by atoms with van der Waals surface area (Å²) in [5.74, 6) is -0.282. The van der Waals surface area contributed by atoms with E-state index in [0.717, 1.165) is 3.70 Å². The van der Waals surface area contributed by atoms with Crippen molar-refractivity contribution in [2.24, 2.45) is 0 Å². The van der Waals surface area contributed by atoms with E-state index in [0.29, 0.717) is 5.65 Å². The van der Waals surface area contributed by atoms with E-state index < -0.39 is 0 Å². The third kappa shape index (κ3) is 1.11. The third-order valence-electron chi connectivity index (χ3n) is 1.41. The lowest BCUT2D eigenvalue weighted by atomic mass is 10.4. The Hall–Kier alpha value is -0.650. The molecule has 2 rings (SSSR count). The Balaban J connectivity index is 2.90. The molecule has 2 aromatic heterocycles. The number of imidazole rings is 1. The van der Waals surface area contributed by atoms with Gasteiger partial charge in [0.25, 0.3) is 0 Å². The summed E-state index contributed by atoms with van der Waals surface area (Å²) in [5.41, 5.74) is 0.386. The molecule has 56 valence electrons. The molecule has 0 bridgehead atoms. The third-order valence-corrected chi connectivity index (χ3v) is 1.93. The molecule has 2 nitrogen and oxygen atoms in total. The van der Waals surface area contributed by atoms with E-state index in [-0.39, 0.29) is 5.82 Å². The minimum Gasteiger partial charge on any atom is -0.304 e. The van der Waals surface area contributed by atoms with Gasteiger partial charge in [-0.3, -0.25) is 0 Å². The van der Waals surface area contributed by atoms with Gasteiger partial charge in [-0.05, 0) is 34.7 Å². The molecule has 0 aromatic carbocycles. The molecule has 0 atom stereocenters. The zero-order chi connectivity index (χ0) is 7.84. The van der Waals surface area contributed by atoms with Crippen molar-refractivity contribution in [3.05, 3.63) is 34.0 Å². The van der Waals surface area contributed by atoms with Gasteiger partial charge in [0.1, 0.15) is 3.70 Å². The summed E-state index contributed by atoms with van der Waals surface area (Å²) in [7, 11) is 0. The summed E-state index contributed by atoms with van der Waals surface area (Å²) < 4.78 is 15.4. The van der Waals surface area contributed by atoms with E-state index in [9.17, 15) is 4.39 Å². The van der Waals surface area contributed by atoms with Crippen molar-refractivity contribution in [1.82, 2.24) is 9.38 Å². The van der Waals surface area contributed by atoms with E-state index in [2.05, 4.69) is 27.6 Å². The Bertz CT molecular complexity index is 396.